The second kappa shape index (κ2) is 5.30. The Balaban J connectivity index is 2.51. The fourth-order valence-electron chi connectivity index (χ4n) is 1.68. The number of rotatable bonds is 3. The van der Waals surface area contributed by atoms with Crippen LogP contribution < -0.4 is 5.56 Å². The lowest BCUT2D eigenvalue weighted by atomic mass is 10.3. The molecule has 0 bridgehead atoms. The van der Waals surface area contributed by atoms with Crippen LogP contribution in [-0.4, -0.2) is 23.8 Å². The van der Waals surface area contributed by atoms with Crippen LogP contribution in [0.1, 0.15) is 6.92 Å². The standard InChI is InChI=1S/C13H12ClNO4S/c1-2-20(18,19)10-5-3-9(4-6-10)15-8-11(14)12(16)7-13(15)17/h3-8,16H,2H2,1H3. The normalized spacial score (nSPS) is 11.5. The van der Waals surface area contributed by atoms with Gasteiger partial charge in [-0.05, 0) is 24.3 Å². The number of aromatic hydroxyl groups is 1. The predicted molar refractivity (Wildman–Crippen MR) is 76.4 cm³/mol. The Bertz CT molecular complexity index is 794. The highest BCUT2D eigenvalue weighted by Gasteiger charge is 2.12. The molecule has 20 heavy (non-hydrogen) atoms. The van der Waals surface area contributed by atoms with Gasteiger partial charge in [0.2, 0.25) is 0 Å². The van der Waals surface area contributed by atoms with Gasteiger partial charge in [-0.1, -0.05) is 18.5 Å². The van der Waals surface area contributed by atoms with Crippen LogP contribution in [0.2, 0.25) is 5.02 Å². The molecule has 0 atom stereocenters. The van der Waals surface area contributed by atoms with Crippen molar-refractivity contribution >= 4 is 21.4 Å². The second-order valence-corrected chi connectivity index (χ2v) is 6.80. The molecule has 106 valence electrons. The Morgan fingerprint density at radius 1 is 1.25 bits per heavy atom. The van der Waals surface area contributed by atoms with Gasteiger partial charge in [0.15, 0.2) is 9.84 Å². The van der Waals surface area contributed by atoms with Gasteiger partial charge in [-0.25, -0.2) is 8.42 Å². The van der Waals surface area contributed by atoms with E-state index >= 15 is 0 Å². The minimum absolute atomic E-state index is 0.0112. The summed E-state index contributed by atoms with van der Waals surface area (Å²) in [6.07, 6.45) is 1.28. The molecule has 1 aromatic heterocycles. The minimum Gasteiger partial charge on any atom is -0.506 e. The quantitative estimate of drug-likeness (QED) is 0.940. The van der Waals surface area contributed by atoms with Gasteiger partial charge in [0.1, 0.15) is 5.75 Å². The zero-order chi connectivity index (χ0) is 14.9. The van der Waals surface area contributed by atoms with E-state index in [1.54, 1.807) is 6.92 Å². The highest BCUT2D eigenvalue weighted by Crippen LogP contribution is 2.21. The van der Waals surface area contributed by atoms with Crippen LogP contribution in [0.3, 0.4) is 0 Å². The van der Waals surface area contributed by atoms with Crippen molar-refractivity contribution in [3.8, 4) is 11.4 Å². The van der Waals surface area contributed by atoms with Gasteiger partial charge < -0.3 is 5.11 Å². The smallest absolute Gasteiger partial charge is 0.258 e. The zero-order valence-electron chi connectivity index (χ0n) is 10.6. The van der Waals surface area contributed by atoms with Crippen molar-refractivity contribution < 1.29 is 13.5 Å². The van der Waals surface area contributed by atoms with Crippen molar-refractivity contribution in [3.05, 3.63) is 51.9 Å². The molecule has 1 N–H and O–H groups in total. The first kappa shape index (κ1) is 14.6. The summed E-state index contributed by atoms with van der Waals surface area (Å²) in [6.45, 7) is 1.56. The van der Waals surface area contributed by atoms with Crippen molar-refractivity contribution in [2.24, 2.45) is 0 Å². The SMILES string of the molecule is CCS(=O)(=O)c1ccc(-n2cc(Cl)c(O)cc2=O)cc1. The molecular formula is C13H12ClNO4S. The van der Waals surface area contributed by atoms with Gasteiger partial charge in [0.25, 0.3) is 5.56 Å². The lowest BCUT2D eigenvalue weighted by Gasteiger charge is -2.08. The molecule has 2 rings (SSSR count). The summed E-state index contributed by atoms with van der Waals surface area (Å²) < 4.78 is 24.6. The molecule has 0 amide bonds. The minimum atomic E-state index is -3.28. The Hall–Kier alpha value is -1.79. The highest BCUT2D eigenvalue weighted by atomic mass is 35.5. The fraction of sp³-hybridized carbons (Fsp3) is 0.154. The lowest BCUT2D eigenvalue weighted by Crippen LogP contribution is -2.16. The van der Waals surface area contributed by atoms with Crippen LogP contribution in [0, 0.1) is 0 Å². The zero-order valence-corrected chi connectivity index (χ0v) is 12.1. The largest absolute Gasteiger partial charge is 0.506 e. The molecule has 0 spiro atoms. The van der Waals surface area contributed by atoms with Crippen molar-refractivity contribution in [2.45, 2.75) is 11.8 Å². The molecule has 5 nitrogen and oxygen atoms in total. The molecule has 0 fully saturated rings. The van der Waals surface area contributed by atoms with E-state index in [1.807, 2.05) is 0 Å². The van der Waals surface area contributed by atoms with Crippen LogP contribution in [-0.2, 0) is 9.84 Å². The number of hydrogen-bond donors (Lipinski definition) is 1. The summed E-state index contributed by atoms with van der Waals surface area (Å²) in [6, 6.07) is 6.89. The van der Waals surface area contributed by atoms with E-state index in [0.717, 1.165) is 6.07 Å². The van der Waals surface area contributed by atoms with Crippen LogP contribution >= 0.6 is 11.6 Å². The van der Waals surface area contributed by atoms with E-state index in [9.17, 15) is 18.3 Å². The monoisotopic (exact) mass is 313 g/mol. The van der Waals surface area contributed by atoms with Crippen LogP contribution in [0.15, 0.2) is 46.2 Å². The summed E-state index contributed by atoms with van der Waals surface area (Å²) >= 11 is 5.76. The molecule has 0 aliphatic heterocycles. The number of hydrogen-bond acceptors (Lipinski definition) is 4. The Morgan fingerprint density at radius 3 is 2.40 bits per heavy atom. The van der Waals surface area contributed by atoms with E-state index in [4.69, 9.17) is 11.6 Å². The summed E-state index contributed by atoms with van der Waals surface area (Å²) in [5.41, 5.74) is 0.00458. The van der Waals surface area contributed by atoms with Gasteiger partial charge in [0.05, 0.1) is 15.7 Å². The van der Waals surface area contributed by atoms with Gasteiger partial charge in [-0.2, -0.15) is 0 Å². The van der Waals surface area contributed by atoms with Crippen LogP contribution in [0.4, 0.5) is 0 Å². The second-order valence-electron chi connectivity index (χ2n) is 4.11. The van der Waals surface area contributed by atoms with Crippen molar-refractivity contribution in [2.75, 3.05) is 5.75 Å². The van der Waals surface area contributed by atoms with E-state index in [-0.39, 0.29) is 21.4 Å². The first-order valence-corrected chi connectivity index (χ1v) is 7.82. The first-order valence-electron chi connectivity index (χ1n) is 5.79. The highest BCUT2D eigenvalue weighted by molar-refractivity contribution is 7.91. The number of benzene rings is 1. The summed E-state index contributed by atoms with van der Waals surface area (Å²) in [4.78, 5) is 12.0. The number of halogens is 1. The number of aromatic nitrogens is 1. The van der Waals surface area contributed by atoms with Gasteiger partial charge in [0, 0.05) is 18.0 Å². The lowest BCUT2D eigenvalue weighted by molar-refractivity contribution is 0.473. The predicted octanol–water partition coefficient (Wildman–Crippen LogP) is 1.99. The molecule has 1 aromatic carbocycles. The van der Waals surface area contributed by atoms with Crippen molar-refractivity contribution in [1.82, 2.24) is 4.57 Å². The average molecular weight is 314 g/mol. The fourth-order valence-corrected chi connectivity index (χ4v) is 2.72. The van der Waals surface area contributed by atoms with Gasteiger partial charge >= 0.3 is 0 Å². The maximum absolute atomic E-state index is 11.8. The molecule has 2 aromatic rings. The third-order valence-corrected chi connectivity index (χ3v) is 4.88. The average Bonchev–Trinajstić information content (AvgIpc) is 2.43. The van der Waals surface area contributed by atoms with E-state index < -0.39 is 15.4 Å². The molecule has 0 unspecified atom stereocenters. The number of sulfone groups is 1. The Labute approximate surface area is 121 Å². The summed E-state index contributed by atoms with van der Waals surface area (Å²) in [5.74, 6) is -0.282. The van der Waals surface area contributed by atoms with Crippen LogP contribution in [0.25, 0.3) is 5.69 Å². The summed E-state index contributed by atoms with van der Waals surface area (Å²) in [7, 11) is -3.28. The Kier molecular flexibility index (Phi) is 3.87. The molecular weight excluding hydrogens is 302 g/mol. The third-order valence-electron chi connectivity index (χ3n) is 2.84. The third kappa shape index (κ3) is 2.71. The Morgan fingerprint density at radius 2 is 1.85 bits per heavy atom. The van der Waals surface area contributed by atoms with Gasteiger partial charge in [-0.15, -0.1) is 0 Å². The number of nitrogens with zero attached hydrogens (tertiary/aromatic N) is 1. The van der Waals surface area contributed by atoms with E-state index in [0.29, 0.717) is 5.69 Å². The topological polar surface area (TPSA) is 76.4 Å². The maximum atomic E-state index is 11.8. The van der Waals surface area contributed by atoms with Crippen LogP contribution in [0.5, 0.6) is 5.75 Å². The van der Waals surface area contributed by atoms with Crippen molar-refractivity contribution in [3.63, 3.8) is 0 Å². The molecule has 0 radical (unpaired) electrons. The van der Waals surface area contributed by atoms with Crippen molar-refractivity contribution in [1.29, 1.82) is 0 Å². The number of pyridine rings is 1. The molecule has 0 aliphatic carbocycles. The van der Waals surface area contributed by atoms with Gasteiger partial charge in [-0.3, -0.25) is 9.36 Å². The summed E-state index contributed by atoms with van der Waals surface area (Å²) in [5, 5.41) is 9.37. The van der Waals surface area contributed by atoms with E-state index in [2.05, 4.69) is 0 Å². The molecule has 0 aliphatic rings. The maximum Gasteiger partial charge on any atom is 0.258 e. The molecule has 0 saturated heterocycles. The van der Waals surface area contributed by atoms with E-state index in [1.165, 1.54) is 35.0 Å². The molecule has 0 saturated carbocycles. The molecule has 1 heterocycles. The first-order chi connectivity index (χ1) is 9.35. The molecule has 7 heteroatoms.